The fraction of sp³-hybridized carbons (Fsp3) is 0.562. The van der Waals surface area contributed by atoms with Gasteiger partial charge in [-0.05, 0) is 32.4 Å². The van der Waals surface area contributed by atoms with Crippen molar-refractivity contribution in [2.75, 3.05) is 33.4 Å². The van der Waals surface area contributed by atoms with Gasteiger partial charge in [0.25, 0.3) is 0 Å². The van der Waals surface area contributed by atoms with E-state index in [2.05, 4.69) is 15.6 Å². The van der Waals surface area contributed by atoms with Crippen LogP contribution < -0.4 is 15.4 Å². The van der Waals surface area contributed by atoms with Crippen LogP contribution in [0.3, 0.4) is 0 Å². The minimum Gasteiger partial charge on any atom is -0.489 e. The van der Waals surface area contributed by atoms with E-state index < -0.39 is 0 Å². The number of rotatable bonds is 9. The van der Waals surface area contributed by atoms with E-state index in [-0.39, 0.29) is 35.9 Å². The van der Waals surface area contributed by atoms with Gasteiger partial charge in [0, 0.05) is 32.9 Å². The van der Waals surface area contributed by atoms with Crippen LogP contribution in [0.25, 0.3) is 0 Å². The Balaban J connectivity index is 0.00000484. The van der Waals surface area contributed by atoms with Gasteiger partial charge < -0.3 is 20.1 Å². The first-order valence-corrected chi connectivity index (χ1v) is 7.59. The van der Waals surface area contributed by atoms with Gasteiger partial charge in [0.1, 0.15) is 17.7 Å². The van der Waals surface area contributed by atoms with Crippen molar-refractivity contribution in [3.63, 3.8) is 0 Å². The van der Waals surface area contributed by atoms with Crippen LogP contribution >= 0.6 is 24.0 Å². The molecular weight excluding hydrogens is 412 g/mol. The molecule has 0 saturated carbocycles. The lowest BCUT2D eigenvalue weighted by molar-refractivity contribution is 0.195. The Kier molecular flexibility index (Phi) is 12.7. The van der Waals surface area contributed by atoms with Crippen molar-refractivity contribution < 1.29 is 13.9 Å². The molecule has 23 heavy (non-hydrogen) atoms. The number of ether oxygens (including phenoxy) is 2. The molecule has 1 aromatic rings. The highest BCUT2D eigenvalue weighted by molar-refractivity contribution is 14.0. The molecule has 1 atom stereocenters. The van der Waals surface area contributed by atoms with E-state index in [1.807, 2.05) is 13.8 Å². The van der Waals surface area contributed by atoms with E-state index in [4.69, 9.17) is 9.47 Å². The van der Waals surface area contributed by atoms with Crippen LogP contribution in [0.15, 0.2) is 29.3 Å². The number of nitrogens with zero attached hydrogens (tertiary/aromatic N) is 1. The molecule has 0 aromatic heterocycles. The smallest absolute Gasteiger partial charge is 0.191 e. The molecule has 0 radical (unpaired) electrons. The van der Waals surface area contributed by atoms with Crippen LogP contribution in [-0.4, -0.2) is 45.4 Å². The van der Waals surface area contributed by atoms with E-state index in [0.717, 1.165) is 25.5 Å². The fourth-order valence-corrected chi connectivity index (χ4v) is 1.79. The topological polar surface area (TPSA) is 54.9 Å². The Labute approximate surface area is 155 Å². The van der Waals surface area contributed by atoms with Gasteiger partial charge in [0.15, 0.2) is 5.96 Å². The predicted molar refractivity (Wildman–Crippen MR) is 102 cm³/mol. The number of hydrogen-bond donors (Lipinski definition) is 2. The summed E-state index contributed by atoms with van der Waals surface area (Å²) in [5.74, 6) is 0.954. The molecule has 1 aromatic carbocycles. The molecule has 1 rings (SSSR count). The molecule has 2 N–H and O–H groups in total. The second-order valence-electron chi connectivity index (χ2n) is 4.88. The van der Waals surface area contributed by atoms with Crippen LogP contribution in [0.2, 0.25) is 0 Å². The molecule has 7 heteroatoms. The number of guanidine groups is 1. The van der Waals surface area contributed by atoms with Crippen molar-refractivity contribution in [1.29, 1.82) is 0 Å². The zero-order valence-corrected chi connectivity index (χ0v) is 16.3. The Bertz CT molecular complexity index is 461. The lowest BCUT2D eigenvalue weighted by Gasteiger charge is -2.15. The molecule has 0 saturated heterocycles. The summed E-state index contributed by atoms with van der Waals surface area (Å²) in [6, 6.07) is 6.12. The molecule has 132 valence electrons. The summed E-state index contributed by atoms with van der Waals surface area (Å²) in [5, 5.41) is 6.40. The molecule has 0 aliphatic rings. The molecule has 0 aliphatic heterocycles. The molecular formula is C16H27FIN3O2. The Hall–Kier alpha value is -1.09. The van der Waals surface area contributed by atoms with Crippen molar-refractivity contribution in [3.05, 3.63) is 30.1 Å². The lowest BCUT2D eigenvalue weighted by atomic mass is 10.3. The first kappa shape index (κ1) is 21.9. The van der Waals surface area contributed by atoms with Crippen LogP contribution in [0.1, 0.15) is 20.3 Å². The number of benzene rings is 1. The van der Waals surface area contributed by atoms with Gasteiger partial charge in [-0.15, -0.1) is 24.0 Å². The largest absolute Gasteiger partial charge is 0.489 e. The summed E-state index contributed by atoms with van der Waals surface area (Å²) in [4.78, 5) is 4.46. The van der Waals surface area contributed by atoms with Gasteiger partial charge in [0.05, 0.1) is 6.54 Å². The number of halogens is 2. The minimum absolute atomic E-state index is 0. The van der Waals surface area contributed by atoms with E-state index in [1.54, 1.807) is 19.2 Å². The fourth-order valence-electron chi connectivity index (χ4n) is 1.79. The standard InChI is InChI=1S/C16H26FN3O2.HI/c1-4-18-16(19-9-6-10-21-3)20-12-13(2)22-15-8-5-7-14(17)11-15;/h5,7-8,11,13H,4,6,9-10,12H2,1-3H3,(H2,18,19,20);1H. The third kappa shape index (κ3) is 10.3. The Morgan fingerprint density at radius 2 is 2.13 bits per heavy atom. The first-order valence-electron chi connectivity index (χ1n) is 7.59. The monoisotopic (exact) mass is 439 g/mol. The predicted octanol–water partition coefficient (Wildman–Crippen LogP) is 2.80. The third-order valence-corrected chi connectivity index (χ3v) is 2.80. The van der Waals surface area contributed by atoms with E-state index in [9.17, 15) is 4.39 Å². The second-order valence-corrected chi connectivity index (χ2v) is 4.88. The molecule has 1 unspecified atom stereocenters. The SMILES string of the molecule is CCNC(=NCC(C)Oc1cccc(F)c1)NCCCOC.I. The van der Waals surface area contributed by atoms with Gasteiger partial charge in [0.2, 0.25) is 0 Å². The summed E-state index contributed by atoms with van der Waals surface area (Å²) in [5.41, 5.74) is 0. The normalized spacial score (nSPS) is 12.3. The van der Waals surface area contributed by atoms with Crippen LogP contribution in [0, 0.1) is 5.82 Å². The van der Waals surface area contributed by atoms with Crippen molar-refractivity contribution in [1.82, 2.24) is 10.6 Å². The molecule has 0 bridgehead atoms. The van der Waals surface area contributed by atoms with Crippen molar-refractivity contribution in [2.24, 2.45) is 4.99 Å². The lowest BCUT2D eigenvalue weighted by Crippen LogP contribution is -2.38. The van der Waals surface area contributed by atoms with Crippen molar-refractivity contribution >= 4 is 29.9 Å². The maximum absolute atomic E-state index is 13.1. The summed E-state index contributed by atoms with van der Waals surface area (Å²) < 4.78 is 23.7. The summed E-state index contributed by atoms with van der Waals surface area (Å²) in [7, 11) is 1.69. The third-order valence-electron chi connectivity index (χ3n) is 2.80. The van der Waals surface area contributed by atoms with Gasteiger partial charge in [-0.2, -0.15) is 0 Å². The number of hydrogen-bond acceptors (Lipinski definition) is 3. The molecule has 0 amide bonds. The van der Waals surface area contributed by atoms with Crippen LogP contribution in [0.4, 0.5) is 4.39 Å². The van der Waals surface area contributed by atoms with E-state index >= 15 is 0 Å². The maximum atomic E-state index is 13.1. The number of aliphatic imine (C=N–C) groups is 1. The average molecular weight is 439 g/mol. The van der Waals surface area contributed by atoms with Crippen LogP contribution in [0.5, 0.6) is 5.75 Å². The number of methoxy groups -OCH3 is 1. The zero-order chi connectivity index (χ0) is 16.2. The van der Waals surface area contributed by atoms with Gasteiger partial charge >= 0.3 is 0 Å². The highest BCUT2D eigenvalue weighted by Gasteiger charge is 2.05. The maximum Gasteiger partial charge on any atom is 0.191 e. The Morgan fingerprint density at radius 3 is 2.78 bits per heavy atom. The van der Waals surface area contributed by atoms with Gasteiger partial charge in [-0.25, -0.2) is 9.38 Å². The summed E-state index contributed by atoms with van der Waals surface area (Å²) >= 11 is 0. The van der Waals surface area contributed by atoms with E-state index in [0.29, 0.717) is 18.9 Å². The second kappa shape index (κ2) is 13.4. The molecule has 0 spiro atoms. The zero-order valence-electron chi connectivity index (χ0n) is 14.0. The highest BCUT2D eigenvalue weighted by atomic mass is 127. The van der Waals surface area contributed by atoms with Crippen molar-refractivity contribution in [2.45, 2.75) is 26.4 Å². The summed E-state index contributed by atoms with van der Waals surface area (Å²) in [6.07, 6.45) is 0.771. The Morgan fingerprint density at radius 1 is 1.35 bits per heavy atom. The average Bonchev–Trinajstić information content (AvgIpc) is 2.49. The number of nitrogens with one attached hydrogen (secondary N) is 2. The van der Waals surface area contributed by atoms with Crippen LogP contribution in [-0.2, 0) is 4.74 Å². The minimum atomic E-state index is -0.304. The molecule has 5 nitrogen and oxygen atoms in total. The first-order chi connectivity index (χ1) is 10.7. The molecule has 0 heterocycles. The molecule has 0 fully saturated rings. The summed E-state index contributed by atoms with van der Waals surface area (Å²) in [6.45, 7) is 6.69. The van der Waals surface area contributed by atoms with Gasteiger partial charge in [-0.1, -0.05) is 6.07 Å². The highest BCUT2D eigenvalue weighted by Crippen LogP contribution is 2.13. The van der Waals surface area contributed by atoms with Gasteiger partial charge in [-0.3, -0.25) is 0 Å². The quantitative estimate of drug-likeness (QED) is 0.269. The van der Waals surface area contributed by atoms with Crippen molar-refractivity contribution in [3.8, 4) is 5.75 Å². The van der Waals surface area contributed by atoms with E-state index in [1.165, 1.54) is 12.1 Å². The molecule has 0 aliphatic carbocycles.